The van der Waals surface area contributed by atoms with E-state index < -0.39 is 11.7 Å². The van der Waals surface area contributed by atoms with Gasteiger partial charge in [0, 0.05) is 34.3 Å². The largest absolute Gasteiger partial charge is 0.495 e. The van der Waals surface area contributed by atoms with Gasteiger partial charge in [0.05, 0.1) is 30.5 Å². The molecule has 26 heavy (non-hydrogen) atoms. The molecule has 0 unspecified atom stereocenters. The number of carbonyl (C=O) groups is 2. The molecular formula is C18H14Cl2N2O4. The fraction of sp³-hybridized carbons (Fsp3) is 0.111. The highest BCUT2D eigenvalue weighted by atomic mass is 35.5. The Bertz CT molecular complexity index is 1010. The Hall–Kier alpha value is -2.70. The number of hydrogen-bond donors (Lipinski definition) is 2. The second kappa shape index (κ2) is 7.27. The predicted octanol–water partition coefficient (Wildman–Crippen LogP) is 4.31. The molecule has 0 radical (unpaired) electrons. The van der Waals surface area contributed by atoms with E-state index in [0.29, 0.717) is 32.4 Å². The van der Waals surface area contributed by atoms with Crippen LogP contribution in [-0.4, -0.2) is 30.9 Å². The van der Waals surface area contributed by atoms with Gasteiger partial charge in [-0.2, -0.15) is 0 Å². The fourth-order valence-corrected chi connectivity index (χ4v) is 2.94. The summed E-state index contributed by atoms with van der Waals surface area (Å²) in [5.74, 6) is -0.893. The van der Waals surface area contributed by atoms with Gasteiger partial charge in [-0.05, 0) is 18.2 Å². The molecule has 0 aliphatic rings. The smallest absolute Gasteiger partial charge is 0.296 e. The number of aromatic amines is 1. The zero-order valence-electron chi connectivity index (χ0n) is 13.9. The second-order valence-electron chi connectivity index (χ2n) is 5.36. The van der Waals surface area contributed by atoms with E-state index in [1.165, 1.54) is 32.5 Å². The number of halogens is 2. The van der Waals surface area contributed by atoms with Crippen LogP contribution >= 0.6 is 23.2 Å². The lowest BCUT2D eigenvalue weighted by Crippen LogP contribution is -2.23. The summed E-state index contributed by atoms with van der Waals surface area (Å²) < 4.78 is 10.3. The molecule has 134 valence electrons. The summed E-state index contributed by atoms with van der Waals surface area (Å²) in [6, 6.07) is 8.03. The van der Waals surface area contributed by atoms with Gasteiger partial charge in [0.15, 0.2) is 0 Å². The molecule has 0 aliphatic carbocycles. The van der Waals surface area contributed by atoms with Crippen LogP contribution in [0.15, 0.2) is 36.5 Å². The van der Waals surface area contributed by atoms with Crippen LogP contribution in [0.2, 0.25) is 10.0 Å². The molecule has 0 fully saturated rings. The van der Waals surface area contributed by atoms with E-state index in [9.17, 15) is 9.59 Å². The monoisotopic (exact) mass is 392 g/mol. The molecule has 2 aromatic carbocycles. The molecule has 8 heteroatoms. The lowest BCUT2D eigenvalue weighted by atomic mass is 10.1. The third-order valence-corrected chi connectivity index (χ3v) is 4.35. The van der Waals surface area contributed by atoms with Crippen molar-refractivity contribution in [1.82, 2.24) is 4.98 Å². The van der Waals surface area contributed by atoms with Gasteiger partial charge in [0.1, 0.15) is 11.5 Å². The topological polar surface area (TPSA) is 80.4 Å². The molecule has 1 aromatic heterocycles. The SMILES string of the molecule is COc1cc(NC(=O)C(=O)c2c[nH]c3ccc(Cl)cc23)c(OC)cc1Cl. The van der Waals surface area contributed by atoms with Crippen LogP contribution in [0, 0.1) is 0 Å². The first-order valence-electron chi connectivity index (χ1n) is 7.48. The lowest BCUT2D eigenvalue weighted by Gasteiger charge is -2.12. The maximum Gasteiger partial charge on any atom is 0.296 e. The molecule has 0 bridgehead atoms. The van der Waals surface area contributed by atoms with Crippen molar-refractivity contribution in [2.45, 2.75) is 0 Å². The average molecular weight is 393 g/mol. The van der Waals surface area contributed by atoms with Crippen LogP contribution in [0.3, 0.4) is 0 Å². The summed E-state index contributed by atoms with van der Waals surface area (Å²) in [5.41, 5.74) is 1.20. The van der Waals surface area contributed by atoms with E-state index >= 15 is 0 Å². The Balaban J connectivity index is 1.92. The van der Waals surface area contributed by atoms with Crippen molar-refractivity contribution in [3.05, 3.63) is 52.1 Å². The molecule has 0 spiro atoms. The normalized spacial score (nSPS) is 10.6. The third kappa shape index (κ3) is 3.34. The number of ketones is 1. The van der Waals surface area contributed by atoms with Crippen molar-refractivity contribution in [2.75, 3.05) is 19.5 Å². The molecule has 0 saturated carbocycles. The van der Waals surface area contributed by atoms with Crippen LogP contribution in [0.25, 0.3) is 10.9 Å². The number of benzene rings is 2. The maximum atomic E-state index is 12.6. The second-order valence-corrected chi connectivity index (χ2v) is 6.21. The number of carbonyl (C=O) groups excluding carboxylic acids is 2. The molecule has 6 nitrogen and oxygen atoms in total. The quantitative estimate of drug-likeness (QED) is 0.500. The van der Waals surface area contributed by atoms with E-state index in [2.05, 4.69) is 10.3 Å². The number of rotatable bonds is 5. The number of nitrogens with one attached hydrogen (secondary N) is 2. The molecule has 3 rings (SSSR count). The molecule has 0 saturated heterocycles. The summed E-state index contributed by atoms with van der Waals surface area (Å²) >= 11 is 12.0. The molecule has 3 aromatic rings. The summed E-state index contributed by atoms with van der Waals surface area (Å²) in [4.78, 5) is 28.0. The summed E-state index contributed by atoms with van der Waals surface area (Å²) in [5, 5.41) is 3.89. The van der Waals surface area contributed by atoms with Crippen molar-refractivity contribution in [1.29, 1.82) is 0 Å². The minimum atomic E-state index is -0.825. The zero-order valence-corrected chi connectivity index (χ0v) is 15.4. The van der Waals surface area contributed by atoms with E-state index in [-0.39, 0.29) is 11.3 Å². The average Bonchev–Trinajstić information content (AvgIpc) is 3.04. The highest BCUT2D eigenvalue weighted by Crippen LogP contribution is 2.36. The van der Waals surface area contributed by atoms with Gasteiger partial charge in [0.25, 0.3) is 11.7 Å². The number of fused-ring (bicyclic) bond motifs is 1. The van der Waals surface area contributed by atoms with Crippen LogP contribution < -0.4 is 14.8 Å². The van der Waals surface area contributed by atoms with Crippen LogP contribution in [0.4, 0.5) is 5.69 Å². The number of aromatic nitrogens is 1. The van der Waals surface area contributed by atoms with E-state index in [0.717, 1.165) is 0 Å². The number of amides is 1. The van der Waals surface area contributed by atoms with Crippen molar-refractivity contribution in [3.63, 3.8) is 0 Å². The van der Waals surface area contributed by atoms with Crippen LogP contribution in [0.5, 0.6) is 11.5 Å². The maximum absolute atomic E-state index is 12.6. The molecule has 0 aliphatic heterocycles. The highest BCUT2D eigenvalue weighted by molar-refractivity contribution is 6.48. The first kappa shape index (κ1) is 18.1. The Kier molecular flexibility index (Phi) is 5.06. The highest BCUT2D eigenvalue weighted by Gasteiger charge is 2.22. The Morgan fingerprint density at radius 2 is 1.77 bits per heavy atom. The molecule has 0 atom stereocenters. The van der Waals surface area contributed by atoms with Crippen LogP contribution in [0.1, 0.15) is 10.4 Å². The number of ether oxygens (including phenoxy) is 2. The van der Waals surface area contributed by atoms with E-state index in [1.54, 1.807) is 18.2 Å². The Morgan fingerprint density at radius 1 is 1.04 bits per heavy atom. The zero-order chi connectivity index (χ0) is 18.8. The van der Waals surface area contributed by atoms with Gasteiger partial charge in [-0.3, -0.25) is 9.59 Å². The number of methoxy groups -OCH3 is 2. The Morgan fingerprint density at radius 3 is 2.46 bits per heavy atom. The standard InChI is InChI=1S/C18H14Cl2N2O4/c1-25-15-7-14(16(26-2)6-12(15)20)22-18(24)17(23)11-8-21-13-4-3-9(19)5-10(11)13/h3-8,21H,1-2H3,(H,22,24). The van der Waals surface area contributed by atoms with E-state index in [1.807, 2.05) is 0 Å². The van der Waals surface area contributed by atoms with Gasteiger partial charge < -0.3 is 19.8 Å². The Labute approximate surface area is 159 Å². The molecule has 1 amide bonds. The number of hydrogen-bond acceptors (Lipinski definition) is 4. The minimum absolute atomic E-state index is 0.222. The fourth-order valence-electron chi connectivity index (χ4n) is 2.54. The number of H-pyrrole nitrogens is 1. The first-order chi connectivity index (χ1) is 12.4. The molecular weight excluding hydrogens is 379 g/mol. The molecule has 1 heterocycles. The summed E-state index contributed by atoms with van der Waals surface area (Å²) in [6.45, 7) is 0. The third-order valence-electron chi connectivity index (χ3n) is 3.82. The number of Topliss-reactive ketones (excluding diaryl/α,β-unsaturated/α-hetero) is 1. The summed E-state index contributed by atoms with van der Waals surface area (Å²) in [7, 11) is 2.87. The van der Waals surface area contributed by atoms with Gasteiger partial charge >= 0.3 is 0 Å². The van der Waals surface area contributed by atoms with Gasteiger partial charge in [-0.15, -0.1) is 0 Å². The van der Waals surface area contributed by atoms with Crippen molar-refractivity contribution in [3.8, 4) is 11.5 Å². The molecule has 2 N–H and O–H groups in total. The lowest BCUT2D eigenvalue weighted by molar-refractivity contribution is -0.112. The minimum Gasteiger partial charge on any atom is -0.495 e. The van der Waals surface area contributed by atoms with Gasteiger partial charge in [-0.25, -0.2) is 0 Å². The predicted molar refractivity (Wildman–Crippen MR) is 101 cm³/mol. The van der Waals surface area contributed by atoms with Gasteiger partial charge in [-0.1, -0.05) is 23.2 Å². The van der Waals surface area contributed by atoms with Crippen LogP contribution in [-0.2, 0) is 4.79 Å². The summed E-state index contributed by atoms with van der Waals surface area (Å²) in [6.07, 6.45) is 1.47. The van der Waals surface area contributed by atoms with Crippen molar-refractivity contribution in [2.24, 2.45) is 0 Å². The van der Waals surface area contributed by atoms with Gasteiger partial charge in [0.2, 0.25) is 0 Å². The van der Waals surface area contributed by atoms with E-state index in [4.69, 9.17) is 32.7 Å². The number of anilines is 1. The van der Waals surface area contributed by atoms with Crippen molar-refractivity contribution >= 4 is 51.5 Å². The first-order valence-corrected chi connectivity index (χ1v) is 8.24. The van der Waals surface area contributed by atoms with Crippen molar-refractivity contribution < 1.29 is 19.1 Å².